The van der Waals surface area contributed by atoms with Crippen LogP contribution in [0.15, 0.2) is 24.3 Å². The Morgan fingerprint density at radius 2 is 2.29 bits per heavy atom. The van der Waals surface area contributed by atoms with Crippen molar-refractivity contribution in [3.05, 3.63) is 29.8 Å². The molecule has 2 rings (SSSR count). The first-order chi connectivity index (χ1) is 6.72. The first-order valence-electron chi connectivity index (χ1n) is 4.99. The quantitative estimate of drug-likeness (QED) is 0.683. The fourth-order valence-corrected chi connectivity index (χ4v) is 1.50. The van der Waals surface area contributed by atoms with Gasteiger partial charge in [0.2, 0.25) is 0 Å². The number of benzene rings is 1. The Balaban J connectivity index is 1.94. The summed E-state index contributed by atoms with van der Waals surface area (Å²) in [6.07, 6.45) is 2.16. The molecule has 1 fully saturated rings. The summed E-state index contributed by atoms with van der Waals surface area (Å²) >= 11 is 0. The summed E-state index contributed by atoms with van der Waals surface area (Å²) in [6, 6.07) is 8.23. The average molecular weight is 192 g/mol. The van der Waals surface area contributed by atoms with E-state index in [9.17, 15) is 0 Å². The van der Waals surface area contributed by atoms with Gasteiger partial charge in [-0.05, 0) is 37.5 Å². The fourth-order valence-electron chi connectivity index (χ4n) is 1.50. The Morgan fingerprint density at radius 1 is 1.50 bits per heavy atom. The maximum atomic E-state index is 5.34. The molecule has 1 saturated heterocycles. The van der Waals surface area contributed by atoms with Gasteiger partial charge < -0.3 is 9.47 Å². The second-order valence-corrected chi connectivity index (χ2v) is 4.09. The molecule has 0 aliphatic carbocycles. The molecule has 0 saturated carbocycles. The Kier molecular flexibility index (Phi) is 2.46. The fraction of sp³-hybridized carbons (Fsp3) is 0.500. The van der Waals surface area contributed by atoms with Crippen molar-refractivity contribution < 1.29 is 9.47 Å². The Labute approximate surface area is 84.8 Å². The second kappa shape index (κ2) is 3.62. The van der Waals surface area contributed by atoms with Crippen LogP contribution in [0.25, 0.3) is 0 Å². The summed E-state index contributed by atoms with van der Waals surface area (Å²) in [6.45, 7) is 3.07. The zero-order valence-corrected chi connectivity index (χ0v) is 8.75. The predicted octanol–water partition coefficient (Wildman–Crippen LogP) is 2.42. The molecule has 0 radical (unpaired) electrons. The zero-order valence-electron chi connectivity index (χ0n) is 8.75. The van der Waals surface area contributed by atoms with E-state index < -0.39 is 0 Å². The highest BCUT2D eigenvalue weighted by molar-refractivity contribution is 5.28. The molecule has 1 aromatic rings. The standard InChI is InChI=1S/C12H16O2/c1-12(9-14-12)7-6-10-4-3-5-11(8-10)13-2/h3-5,8H,6-7,9H2,1-2H3. The predicted molar refractivity (Wildman–Crippen MR) is 55.7 cm³/mol. The van der Waals surface area contributed by atoms with E-state index in [1.54, 1.807) is 7.11 Å². The van der Waals surface area contributed by atoms with E-state index in [-0.39, 0.29) is 5.60 Å². The molecule has 1 aliphatic rings. The van der Waals surface area contributed by atoms with Crippen molar-refractivity contribution in [2.24, 2.45) is 0 Å². The molecule has 0 amide bonds. The molecule has 1 aromatic carbocycles. The molecule has 1 aliphatic heterocycles. The normalized spacial score (nSPS) is 24.7. The van der Waals surface area contributed by atoms with Crippen LogP contribution < -0.4 is 4.74 Å². The minimum Gasteiger partial charge on any atom is -0.497 e. The lowest BCUT2D eigenvalue weighted by Gasteiger charge is -2.06. The van der Waals surface area contributed by atoms with Crippen molar-refractivity contribution in [2.75, 3.05) is 13.7 Å². The number of methoxy groups -OCH3 is 1. The zero-order chi connectivity index (χ0) is 10.0. The maximum absolute atomic E-state index is 5.34. The van der Waals surface area contributed by atoms with Gasteiger partial charge >= 0.3 is 0 Å². The van der Waals surface area contributed by atoms with Gasteiger partial charge in [0.1, 0.15) is 5.75 Å². The third kappa shape index (κ3) is 2.26. The van der Waals surface area contributed by atoms with Crippen LogP contribution in [0, 0.1) is 0 Å². The van der Waals surface area contributed by atoms with Gasteiger partial charge in [0.05, 0.1) is 19.3 Å². The van der Waals surface area contributed by atoms with Crippen LogP contribution in [0.5, 0.6) is 5.75 Å². The molecular weight excluding hydrogens is 176 g/mol. The summed E-state index contributed by atoms with van der Waals surface area (Å²) < 4.78 is 10.5. The monoisotopic (exact) mass is 192 g/mol. The highest BCUT2D eigenvalue weighted by Crippen LogP contribution is 2.31. The highest BCUT2D eigenvalue weighted by atomic mass is 16.6. The van der Waals surface area contributed by atoms with Gasteiger partial charge in [-0.3, -0.25) is 0 Å². The Hall–Kier alpha value is -1.02. The van der Waals surface area contributed by atoms with Gasteiger partial charge in [-0.2, -0.15) is 0 Å². The van der Waals surface area contributed by atoms with Crippen LogP contribution in [0.2, 0.25) is 0 Å². The van der Waals surface area contributed by atoms with Gasteiger partial charge in [-0.15, -0.1) is 0 Å². The van der Waals surface area contributed by atoms with Gasteiger partial charge in [0.15, 0.2) is 0 Å². The lowest BCUT2D eigenvalue weighted by atomic mass is 10.0. The molecule has 0 aromatic heterocycles. The molecule has 1 atom stereocenters. The van der Waals surface area contributed by atoms with E-state index in [4.69, 9.17) is 9.47 Å². The van der Waals surface area contributed by atoms with Crippen molar-refractivity contribution in [1.29, 1.82) is 0 Å². The van der Waals surface area contributed by atoms with Crippen LogP contribution in [-0.2, 0) is 11.2 Å². The molecular formula is C12H16O2. The van der Waals surface area contributed by atoms with Crippen LogP contribution in [0.1, 0.15) is 18.9 Å². The van der Waals surface area contributed by atoms with E-state index >= 15 is 0 Å². The molecule has 0 bridgehead atoms. The first kappa shape index (κ1) is 9.53. The lowest BCUT2D eigenvalue weighted by molar-refractivity contribution is 0.309. The van der Waals surface area contributed by atoms with Crippen LogP contribution in [-0.4, -0.2) is 19.3 Å². The lowest BCUT2D eigenvalue weighted by Crippen LogP contribution is -2.05. The molecule has 76 valence electrons. The van der Waals surface area contributed by atoms with E-state index in [2.05, 4.69) is 19.1 Å². The third-order valence-corrected chi connectivity index (χ3v) is 2.71. The largest absolute Gasteiger partial charge is 0.497 e. The van der Waals surface area contributed by atoms with E-state index in [1.807, 2.05) is 12.1 Å². The molecule has 0 N–H and O–H groups in total. The van der Waals surface area contributed by atoms with Gasteiger partial charge in [-0.1, -0.05) is 12.1 Å². The number of rotatable bonds is 4. The van der Waals surface area contributed by atoms with Gasteiger partial charge in [0.25, 0.3) is 0 Å². The van der Waals surface area contributed by atoms with Gasteiger partial charge in [-0.25, -0.2) is 0 Å². The molecule has 2 nitrogen and oxygen atoms in total. The molecule has 1 heterocycles. The van der Waals surface area contributed by atoms with Crippen LogP contribution in [0.3, 0.4) is 0 Å². The minimum absolute atomic E-state index is 0.156. The van der Waals surface area contributed by atoms with Gasteiger partial charge in [0, 0.05) is 0 Å². The Morgan fingerprint density at radius 3 is 2.93 bits per heavy atom. The molecule has 14 heavy (non-hydrogen) atoms. The highest BCUT2D eigenvalue weighted by Gasteiger charge is 2.38. The second-order valence-electron chi connectivity index (χ2n) is 4.09. The van der Waals surface area contributed by atoms with Crippen LogP contribution in [0.4, 0.5) is 0 Å². The first-order valence-corrected chi connectivity index (χ1v) is 4.99. The smallest absolute Gasteiger partial charge is 0.119 e. The van der Waals surface area contributed by atoms with E-state index in [0.29, 0.717) is 0 Å². The van der Waals surface area contributed by atoms with Crippen molar-refractivity contribution in [1.82, 2.24) is 0 Å². The van der Waals surface area contributed by atoms with Crippen molar-refractivity contribution in [3.63, 3.8) is 0 Å². The van der Waals surface area contributed by atoms with Crippen molar-refractivity contribution >= 4 is 0 Å². The SMILES string of the molecule is COc1cccc(CCC2(C)CO2)c1. The summed E-state index contributed by atoms with van der Waals surface area (Å²) in [5, 5.41) is 0. The summed E-state index contributed by atoms with van der Waals surface area (Å²) in [5.74, 6) is 0.935. The third-order valence-electron chi connectivity index (χ3n) is 2.71. The number of aryl methyl sites for hydroxylation is 1. The van der Waals surface area contributed by atoms with E-state index in [1.165, 1.54) is 5.56 Å². The summed E-state index contributed by atoms with van der Waals surface area (Å²) in [5.41, 5.74) is 1.48. The molecule has 0 spiro atoms. The number of hydrogen-bond acceptors (Lipinski definition) is 2. The summed E-state index contributed by atoms with van der Waals surface area (Å²) in [7, 11) is 1.70. The number of ether oxygens (including phenoxy) is 2. The summed E-state index contributed by atoms with van der Waals surface area (Å²) in [4.78, 5) is 0. The van der Waals surface area contributed by atoms with Crippen molar-refractivity contribution in [3.8, 4) is 5.75 Å². The number of hydrogen-bond donors (Lipinski definition) is 0. The maximum Gasteiger partial charge on any atom is 0.119 e. The van der Waals surface area contributed by atoms with Crippen LogP contribution >= 0.6 is 0 Å². The molecule has 1 unspecified atom stereocenters. The topological polar surface area (TPSA) is 21.8 Å². The average Bonchev–Trinajstić information content (AvgIpc) is 2.95. The number of epoxide rings is 1. The molecule has 2 heteroatoms. The van der Waals surface area contributed by atoms with Crippen molar-refractivity contribution in [2.45, 2.75) is 25.4 Å². The Bertz CT molecular complexity index is 316. The van der Waals surface area contributed by atoms with E-state index in [0.717, 1.165) is 25.2 Å². The minimum atomic E-state index is 0.156.